The number of aryl methyl sites for hydroxylation is 2. The van der Waals surface area contributed by atoms with E-state index >= 15 is 0 Å². The molecule has 0 bridgehead atoms. The Kier molecular flexibility index (Phi) is 3.40. The van der Waals surface area contributed by atoms with Gasteiger partial charge in [-0.2, -0.15) is 0 Å². The fourth-order valence-corrected chi connectivity index (χ4v) is 3.87. The number of hydrogen-bond donors (Lipinski definition) is 1. The van der Waals surface area contributed by atoms with Crippen LogP contribution in [-0.4, -0.2) is 25.5 Å². The molecule has 2 nitrogen and oxygen atoms in total. The molecule has 2 N–H and O–H groups in total. The fourth-order valence-electron chi connectivity index (χ4n) is 3.87. The third-order valence-corrected chi connectivity index (χ3v) is 5.08. The molecule has 19 heavy (non-hydrogen) atoms. The SMILES string of the molecule is CN(C)C(c1ccc2c(c1)CCCC2)C1(CN)CC1. The Balaban J connectivity index is 1.95. The van der Waals surface area contributed by atoms with E-state index in [0.29, 0.717) is 11.5 Å². The van der Waals surface area contributed by atoms with E-state index in [4.69, 9.17) is 5.73 Å². The highest BCUT2D eigenvalue weighted by molar-refractivity contribution is 5.36. The lowest BCUT2D eigenvalue weighted by molar-refractivity contribution is 0.198. The Labute approximate surface area is 117 Å². The van der Waals surface area contributed by atoms with Gasteiger partial charge in [-0.1, -0.05) is 18.2 Å². The van der Waals surface area contributed by atoms with Gasteiger partial charge in [-0.05, 0) is 75.9 Å². The van der Waals surface area contributed by atoms with Crippen molar-refractivity contribution in [2.24, 2.45) is 11.1 Å². The normalized spacial score (nSPS) is 22.1. The molecule has 0 radical (unpaired) electrons. The Morgan fingerprint density at radius 3 is 2.42 bits per heavy atom. The molecule has 0 amide bonds. The first-order valence-electron chi connectivity index (χ1n) is 7.64. The summed E-state index contributed by atoms with van der Waals surface area (Å²) in [5, 5.41) is 0. The maximum Gasteiger partial charge on any atom is 0.0410 e. The van der Waals surface area contributed by atoms with Crippen molar-refractivity contribution < 1.29 is 0 Å². The predicted octanol–water partition coefficient (Wildman–Crippen LogP) is 2.91. The van der Waals surface area contributed by atoms with Gasteiger partial charge >= 0.3 is 0 Å². The molecule has 2 aliphatic carbocycles. The number of nitrogens with two attached hydrogens (primary N) is 1. The largest absolute Gasteiger partial charge is 0.330 e. The topological polar surface area (TPSA) is 29.3 Å². The highest BCUT2D eigenvalue weighted by Gasteiger charge is 2.49. The second-order valence-electron chi connectivity index (χ2n) is 6.67. The Morgan fingerprint density at radius 1 is 1.16 bits per heavy atom. The third-order valence-electron chi connectivity index (χ3n) is 5.08. The van der Waals surface area contributed by atoms with Crippen LogP contribution in [0.15, 0.2) is 18.2 Å². The van der Waals surface area contributed by atoms with Gasteiger partial charge in [-0.25, -0.2) is 0 Å². The van der Waals surface area contributed by atoms with Crippen molar-refractivity contribution in [3.63, 3.8) is 0 Å². The first-order chi connectivity index (χ1) is 9.16. The molecular formula is C17H26N2. The number of hydrogen-bond acceptors (Lipinski definition) is 2. The third kappa shape index (κ3) is 2.32. The zero-order valence-corrected chi connectivity index (χ0v) is 12.3. The van der Waals surface area contributed by atoms with Crippen molar-refractivity contribution in [1.29, 1.82) is 0 Å². The summed E-state index contributed by atoms with van der Waals surface area (Å²) in [7, 11) is 4.39. The van der Waals surface area contributed by atoms with Crippen LogP contribution in [0.4, 0.5) is 0 Å². The molecule has 1 fully saturated rings. The van der Waals surface area contributed by atoms with Crippen LogP contribution in [-0.2, 0) is 12.8 Å². The minimum Gasteiger partial charge on any atom is -0.330 e. The summed E-state index contributed by atoms with van der Waals surface area (Å²) < 4.78 is 0. The summed E-state index contributed by atoms with van der Waals surface area (Å²) in [5.41, 5.74) is 11.0. The summed E-state index contributed by atoms with van der Waals surface area (Å²) in [6, 6.07) is 7.68. The lowest BCUT2D eigenvalue weighted by Gasteiger charge is -2.33. The second kappa shape index (κ2) is 4.92. The summed E-state index contributed by atoms with van der Waals surface area (Å²) >= 11 is 0. The van der Waals surface area contributed by atoms with Crippen molar-refractivity contribution in [3.8, 4) is 0 Å². The molecule has 0 heterocycles. The Hall–Kier alpha value is -0.860. The molecule has 1 atom stereocenters. The van der Waals surface area contributed by atoms with E-state index in [2.05, 4.69) is 37.2 Å². The van der Waals surface area contributed by atoms with Gasteiger partial charge in [-0.15, -0.1) is 0 Å². The molecular weight excluding hydrogens is 232 g/mol. The summed E-state index contributed by atoms with van der Waals surface area (Å²) in [6.07, 6.45) is 7.80. The average Bonchev–Trinajstić information content (AvgIpc) is 3.19. The minimum absolute atomic E-state index is 0.340. The molecule has 2 heteroatoms. The maximum atomic E-state index is 6.06. The van der Waals surface area contributed by atoms with E-state index in [1.807, 2.05) is 0 Å². The molecule has 0 saturated heterocycles. The van der Waals surface area contributed by atoms with Gasteiger partial charge in [0, 0.05) is 11.5 Å². The van der Waals surface area contributed by atoms with Crippen molar-refractivity contribution >= 4 is 0 Å². The smallest absolute Gasteiger partial charge is 0.0410 e. The van der Waals surface area contributed by atoms with Gasteiger partial charge < -0.3 is 10.6 Å². The van der Waals surface area contributed by atoms with E-state index in [0.717, 1.165) is 6.54 Å². The van der Waals surface area contributed by atoms with E-state index < -0.39 is 0 Å². The molecule has 2 aliphatic rings. The first-order valence-corrected chi connectivity index (χ1v) is 7.64. The van der Waals surface area contributed by atoms with E-state index in [1.54, 1.807) is 11.1 Å². The molecule has 3 rings (SSSR count). The molecule has 0 aromatic heterocycles. The minimum atomic E-state index is 0.340. The maximum absolute atomic E-state index is 6.06. The fraction of sp³-hybridized carbons (Fsp3) is 0.647. The highest BCUT2D eigenvalue weighted by atomic mass is 15.1. The van der Waals surface area contributed by atoms with Gasteiger partial charge in [0.2, 0.25) is 0 Å². The first kappa shape index (κ1) is 13.1. The van der Waals surface area contributed by atoms with Crippen LogP contribution < -0.4 is 5.73 Å². The lowest BCUT2D eigenvalue weighted by Crippen LogP contribution is -2.33. The Morgan fingerprint density at radius 2 is 1.84 bits per heavy atom. The monoisotopic (exact) mass is 258 g/mol. The zero-order valence-electron chi connectivity index (χ0n) is 12.3. The molecule has 0 spiro atoms. The van der Waals surface area contributed by atoms with Crippen LogP contribution in [0.2, 0.25) is 0 Å². The highest BCUT2D eigenvalue weighted by Crippen LogP contribution is 2.56. The van der Waals surface area contributed by atoms with Crippen LogP contribution in [0.1, 0.15) is 48.4 Å². The van der Waals surface area contributed by atoms with E-state index in [1.165, 1.54) is 44.1 Å². The molecule has 1 saturated carbocycles. The lowest BCUT2D eigenvalue weighted by atomic mass is 9.84. The Bertz CT molecular complexity index is 460. The second-order valence-corrected chi connectivity index (χ2v) is 6.67. The average molecular weight is 258 g/mol. The quantitative estimate of drug-likeness (QED) is 0.900. The standard InChI is InChI=1S/C17H26N2/c1-19(2)16(17(12-18)9-10-17)15-8-7-13-5-3-4-6-14(13)11-15/h7-8,11,16H,3-6,9-10,12,18H2,1-2H3. The summed E-state index contributed by atoms with van der Waals surface area (Å²) in [6.45, 7) is 0.812. The van der Waals surface area contributed by atoms with Crippen molar-refractivity contribution in [1.82, 2.24) is 4.90 Å². The van der Waals surface area contributed by atoms with E-state index in [9.17, 15) is 0 Å². The molecule has 1 aromatic rings. The van der Waals surface area contributed by atoms with Crippen molar-refractivity contribution in [2.45, 2.75) is 44.6 Å². The van der Waals surface area contributed by atoms with Crippen LogP contribution in [0, 0.1) is 5.41 Å². The molecule has 1 unspecified atom stereocenters. The summed E-state index contributed by atoms with van der Waals surface area (Å²) in [5.74, 6) is 0. The molecule has 104 valence electrons. The van der Waals surface area contributed by atoms with Gasteiger partial charge in [0.15, 0.2) is 0 Å². The van der Waals surface area contributed by atoms with Gasteiger partial charge in [0.05, 0.1) is 0 Å². The van der Waals surface area contributed by atoms with Crippen LogP contribution >= 0.6 is 0 Å². The predicted molar refractivity (Wildman–Crippen MR) is 80.2 cm³/mol. The number of nitrogens with zero attached hydrogens (tertiary/aromatic N) is 1. The van der Waals surface area contributed by atoms with Crippen LogP contribution in [0.3, 0.4) is 0 Å². The molecule has 0 aliphatic heterocycles. The summed E-state index contributed by atoms with van der Waals surface area (Å²) in [4.78, 5) is 2.37. The number of fused-ring (bicyclic) bond motifs is 1. The van der Waals surface area contributed by atoms with Gasteiger partial charge in [0.25, 0.3) is 0 Å². The van der Waals surface area contributed by atoms with Gasteiger partial charge in [0.1, 0.15) is 0 Å². The van der Waals surface area contributed by atoms with Crippen LogP contribution in [0.5, 0.6) is 0 Å². The van der Waals surface area contributed by atoms with Gasteiger partial charge in [-0.3, -0.25) is 0 Å². The van der Waals surface area contributed by atoms with Crippen molar-refractivity contribution in [2.75, 3.05) is 20.6 Å². The van der Waals surface area contributed by atoms with E-state index in [-0.39, 0.29) is 0 Å². The number of rotatable bonds is 4. The van der Waals surface area contributed by atoms with Crippen LogP contribution in [0.25, 0.3) is 0 Å². The molecule has 1 aromatic carbocycles. The number of benzene rings is 1. The zero-order chi connectivity index (χ0) is 13.5. The van der Waals surface area contributed by atoms with Crippen molar-refractivity contribution in [3.05, 3.63) is 34.9 Å².